The maximum absolute atomic E-state index is 14.0. The Hall–Kier alpha value is -3.13. The Kier molecular flexibility index (Phi) is 6.64. The number of ether oxygens (including phenoxy) is 1. The van der Waals surface area contributed by atoms with Crippen LogP contribution >= 0.6 is 0 Å². The second kappa shape index (κ2) is 9.72. The van der Waals surface area contributed by atoms with E-state index in [-0.39, 0.29) is 57.4 Å². The van der Waals surface area contributed by atoms with Crippen LogP contribution in [0.1, 0.15) is 58.8 Å². The van der Waals surface area contributed by atoms with Crippen molar-refractivity contribution >= 4 is 49.3 Å². The molecule has 0 spiro atoms. The van der Waals surface area contributed by atoms with Crippen molar-refractivity contribution in [1.82, 2.24) is 4.90 Å². The number of aliphatic hydroxyl groups excluding tert-OH is 1. The molecule has 222 valence electrons. The average molecular weight is 607 g/mol. The number of amides is 2. The van der Waals surface area contributed by atoms with Crippen molar-refractivity contribution in [1.29, 1.82) is 0 Å². The number of carbonyl (C=O) groups is 2. The summed E-state index contributed by atoms with van der Waals surface area (Å²) in [5.74, 6) is -0.487. The lowest BCUT2D eigenvalue weighted by molar-refractivity contribution is -0.136. The number of sulfonamides is 2. The van der Waals surface area contributed by atoms with E-state index in [4.69, 9.17) is 4.74 Å². The maximum atomic E-state index is 14.0. The molecule has 12 nitrogen and oxygen atoms in total. The summed E-state index contributed by atoms with van der Waals surface area (Å²) in [5, 5.41) is 14.4. The molecule has 0 saturated heterocycles. The molecule has 2 amide bonds. The van der Waals surface area contributed by atoms with E-state index < -0.39 is 38.2 Å². The molecule has 2 N–H and O–H groups in total. The number of benzene rings is 1. The average Bonchev–Trinajstić information content (AvgIpc) is 3.62. The largest absolute Gasteiger partial charge is 0.511 e. The van der Waals surface area contributed by atoms with Gasteiger partial charge in [-0.15, -0.1) is 4.40 Å². The van der Waals surface area contributed by atoms with Crippen LogP contribution in [0.15, 0.2) is 38.8 Å². The van der Waals surface area contributed by atoms with E-state index in [1.165, 1.54) is 12.1 Å². The first kappa shape index (κ1) is 28.0. The highest BCUT2D eigenvalue weighted by Crippen LogP contribution is 2.56. The normalized spacial score (nSPS) is 28.8. The first-order chi connectivity index (χ1) is 19.3. The van der Waals surface area contributed by atoms with E-state index in [9.17, 15) is 31.5 Å². The highest BCUT2D eigenvalue weighted by molar-refractivity contribution is 7.92. The first-order valence-corrected chi connectivity index (χ1v) is 17.3. The minimum Gasteiger partial charge on any atom is -0.511 e. The van der Waals surface area contributed by atoms with E-state index in [0.717, 1.165) is 57.3 Å². The third-order valence-corrected chi connectivity index (χ3v) is 11.3. The zero-order valence-corrected chi connectivity index (χ0v) is 24.7. The van der Waals surface area contributed by atoms with E-state index >= 15 is 0 Å². The van der Waals surface area contributed by atoms with Crippen LogP contribution < -0.4 is 9.62 Å². The Morgan fingerprint density at radius 1 is 1.17 bits per heavy atom. The fourth-order valence-corrected chi connectivity index (χ4v) is 9.42. The Bertz CT molecular complexity index is 1590. The smallest absolute Gasteiger partial charge is 0.428 e. The van der Waals surface area contributed by atoms with Crippen LogP contribution in [0, 0.1) is 17.8 Å². The van der Waals surface area contributed by atoms with Crippen molar-refractivity contribution in [3.05, 3.63) is 29.5 Å². The van der Waals surface area contributed by atoms with Gasteiger partial charge in [0.2, 0.25) is 10.0 Å². The van der Waals surface area contributed by atoms with Crippen molar-refractivity contribution in [2.75, 3.05) is 15.9 Å². The van der Waals surface area contributed by atoms with Gasteiger partial charge in [0, 0.05) is 18.0 Å². The lowest BCUT2D eigenvalue weighted by Gasteiger charge is -2.46. The lowest BCUT2D eigenvalue weighted by Crippen LogP contribution is -2.57. The zero-order chi connectivity index (χ0) is 29.4. The predicted molar refractivity (Wildman–Crippen MR) is 150 cm³/mol. The van der Waals surface area contributed by atoms with E-state index in [0.29, 0.717) is 10.2 Å². The molecule has 1 unspecified atom stereocenters. The first-order valence-electron chi connectivity index (χ1n) is 14.0. The van der Waals surface area contributed by atoms with E-state index in [2.05, 4.69) is 9.71 Å². The van der Waals surface area contributed by atoms with Gasteiger partial charge >= 0.3 is 6.09 Å². The van der Waals surface area contributed by atoms with Crippen LogP contribution in [0.4, 0.5) is 16.2 Å². The molecule has 0 aromatic heterocycles. The molecule has 1 aromatic rings. The molecule has 3 fully saturated rings. The summed E-state index contributed by atoms with van der Waals surface area (Å²) < 4.78 is 61.2. The van der Waals surface area contributed by atoms with Crippen molar-refractivity contribution in [3.63, 3.8) is 0 Å². The molecule has 4 atom stereocenters. The van der Waals surface area contributed by atoms with Crippen LogP contribution in [0.3, 0.4) is 0 Å². The molecule has 2 heterocycles. The predicted octanol–water partition coefficient (Wildman–Crippen LogP) is 3.52. The van der Waals surface area contributed by atoms with Crippen molar-refractivity contribution < 1.29 is 36.3 Å². The summed E-state index contributed by atoms with van der Waals surface area (Å²) in [6.07, 6.45) is 5.70. The summed E-state index contributed by atoms with van der Waals surface area (Å²) in [4.78, 5) is 28.2. The fraction of sp³-hybridized carbons (Fsp3) is 0.593. The van der Waals surface area contributed by atoms with Gasteiger partial charge in [-0.05, 0) is 76.0 Å². The molecule has 2 aliphatic heterocycles. The Morgan fingerprint density at radius 3 is 2.51 bits per heavy atom. The molecule has 3 saturated carbocycles. The van der Waals surface area contributed by atoms with Crippen LogP contribution in [0.5, 0.6) is 0 Å². The lowest BCUT2D eigenvalue weighted by atomic mass is 9.77. The van der Waals surface area contributed by atoms with Gasteiger partial charge in [0.15, 0.2) is 5.84 Å². The molecule has 3 aliphatic carbocycles. The number of anilines is 2. The van der Waals surface area contributed by atoms with Gasteiger partial charge in [0.25, 0.3) is 15.9 Å². The van der Waals surface area contributed by atoms with Gasteiger partial charge in [-0.2, -0.15) is 12.7 Å². The summed E-state index contributed by atoms with van der Waals surface area (Å²) in [6, 6.07) is 3.55. The second-order valence-electron chi connectivity index (χ2n) is 11.9. The van der Waals surface area contributed by atoms with Gasteiger partial charge in [-0.25, -0.2) is 13.2 Å². The summed E-state index contributed by atoms with van der Waals surface area (Å²) in [5.41, 5.74) is -0.323. The maximum Gasteiger partial charge on any atom is 0.428 e. The van der Waals surface area contributed by atoms with Crippen LogP contribution in [-0.2, 0) is 29.6 Å². The topological polar surface area (TPSA) is 163 Å². The highest BCUT2D eigenvalue weighted by atomic mass is 32.2. The third-order valence-electron chi connectivity index (χ3n) is 8.95. The van der Waals surface area contributed by atoms with Crippen LogP contribution in [0.25, 0.3) is 0 Å². The molecule has 5 aliphatic rings. The minimum absolute atomic E-state index is 0.0417. The van der Waals surface area contributed by atoms with Crippen molar-refractivity contribution in [3.8, 4) is 0 Å². The van der Waals surface area contributed by atoms with E-state index in [1.54, 1.807) is 13.8 Å². The number of amidine groups is 1. The van der Waals surface area contributed by atoms with Gasteiger partial charge in [0.05, 0.1) is 23.7 Å². The Labute approximate surface area is 239 Å². The fourth-order valence-electron chi connectivity index (χ4n) is 7.47. The summed E-state index contributed by atoms with van der Waals surface area (Å²) in [7, 11) is -8.65. The Balaban J connectivity index is 1.40. The summed E-state index contributed by atoms with van der Waals surface area (Å²) in [6.45, 7) is 3.11. The second-order valence-corrected chi connectivity index (χ2v) is 15.3. The van der Waals surface area contributed by atoms with Crippen molar-refractivity contribution in [2.24, 2.45) is 22.2 Å². The summed E-state index contributed by atoms with van der Waals surface area (Å²) >= 11 is 0. The molecule has 41 heavy (non-hydrogen) atoms. The van der Waals surface area contributed by atoms with Gasteiger partial charge in [-0.1, -0.05) is 12.8 Å². The quantitative estimate of drug-likeness (QED) is 0.511. The number of hydrogen-bond acceptors (Lipinski definition) is 9. The molecule has 6 rings (SSSR count). The molecular weight excluding hydrogens is 572 g/mol. The van der Waals surface area contributed by atoms with E-state index in [1.807, 2.05) is 4.90 Å². The third kappa shape index (κ3) is 4.59. The molecular formula is C27H34N4O8S2. The number of carbonyl (C=O) groups excluding carboxylic acids is 2. The van der Waals surface area contributed by atoms with Crippen LogP contribution in [-0.4, -0.2) is 69.1 Å². The molecule has 14 heteroatoms. The molecule has 1 aromatic carbocycles. The minimum atomic E-state index is -4.47. The SMILES string of the molecule is CC(C)OC(=O)N(c1ccc2c(c1)S(=O)(=O)N=C(C1=C(O)[C@H]3C([C@@H]4CC[C@H]3C4)N(C3CCCC3)C1=O)N2)S(C)(=O)=O. The van der Waals surface area contributed by atoms with Gasteiger partial charge in [-0.3, -0.25) is 4.79 Å². The number of aliphatic hydroxyl groups is 1. The highest BCUT2D eigenvalue weighted by Gasteiger charge is 2.58. The number of fused-ring (bicyclic) bond motifs is 6. The zero-order valence-electron chi connectivity index (χ0n) is 23.1. The monoisotopic (exact) mass is 606 g/mol. The van der Waals surface area contributed by atoms with Crippen LogP contribution in [0.2, 0.25) is 0 Å². The number of rotatable bonds is 5. The number of nitrogens with one attached hydrogen (secondary N) is 1. The number of nitrogens with zero attached hydrogens (tertiary/aromatic N) is 3. The Morgan fingerprint density at radius 2 is 1.85 bits per heavy atom. The molecule has 2 bridgehead atoms. The van der Waals surface area contributed by atoms with Crippen molar-refractivity contribution in [2.45, 2.75) is 81.9 Å². The van der Waals surface area contributed by atoms with Gasteiger partial charge in [0.1, 0.15) is 16.2 Å². The van der Waals surface area contributed by atoms with Gasteiger partial charge < -0.3 is 20.1 Å². The standard InChI is InChI=1S/C27H34N4O8S2/c1-14(2)39-27(34)31(40(3,35)36)18-10-11-19-20(13-18)41(37,38)29-25(28-19)22-24(32)21-15-8-9-16(12-15)23(21)30(26(22)33)17-6-4-5-7-17/h10-11,13-17,21,23,32H,4-9,12H2,1-3H3,(H,28,29)/t15-,16+,21+,23?/m0/s1. The molecule has 0 radical (unpaired) electrons. The number of hydrogen-bond donors (Lipinski definition) is 2.